The Morgan fingerprint density at radius 1 is 1.15 bits per heavy atom. The summed E-state index contributed by atoms with van der Waals surface area (Å²) >= 11 is 1.59. The summed E-state index contributed by atoms with van der Waals surface area (Å²) in [6, 6.07) is 11.7. The number of fused-ring (bicyclic) bond motifs is 1. The van der Waals surface area contributed by atoms with E-state index in [9.17, 15) is 19.5 Å². The first-order valence-electron chi connectivity index (χ1n) is 13.0. The van der Waals surface area contributed by atoms with E-state index in [1.807, 2.05) is 63.5 Å². The van der Waals surface area contributed by atoms with E-state index < -0.39 is 12.1 Å². The first-order valence-corrected chi connectivity index (χ1v) is 13.9. The van der Waals surface area contributed by atoms with Crippen LogP contribution in [0.3, 0.4) is 0 Å². The van der Waals surface area contributed by atoms with Gasteiger partial charge in [0, 0.05) is 18.7 Å². The molecule has 0 fully saturated rings. The second-order valence-corrected chi connectivity index (χ2v) is 11.3. The van der Waals surface area contributed by atoms with Crippen LogP contribution in [0.5, 0.6) is 0 Å². The summed E-state index contributed by atoms with van der Waals surface area (Å²) in [4.78, 5) is 48.7. The van der Waals surface area contributed by atoms with Gasteiger partial charge >= 0.3 is 0 Å². The van der Waals surface area contributed by atoms with Crippen molar-refractivity contribution in [2.45, 2.75) is 52.9 Å². The van der Waals surface area contributed by atoms with E-state index in [1.54, 1.807) is 22.3 Å². The van der Waals surface area contributed by atoms with E-state index >= 15 is 0 Å². The minimum absolute atomic E-state index is 0.0394. The number of benzene rings is 2. The van der Waals surface area contributed by atoms with Gasteiger partial charge in [-0.25, -0.2) is 4.98 Å². The van der Waals surface area contributed by atoms with E-state index in [0.29, 0.717) is 12.1 Å². The van der Waals surface area contributed by atoms with Crippen LogP contribution in [-0.4, -0.2) is 56.2 Å². The lowest BCUT2D eigenvalue weighted by atomic mass is 10.00. The topological polar surface area (TPSA) is 103 Å². The van der Waals surface area contributed by atoms with Crippen molar-refractivity contribution >= 4 is 29.1 Å². The molecule has 2 aliphatic heterocycles. The fourth-order valence-corrected chi connectivity index (χ4v) is 6.18. The third-order valence-corrected chi connectivity index (χ3v) is 8.42. The van der Waals surface area contributed by atoms with Crippen LogP contribution in [0.25, 0.3) is 10.4 Å². The van der Waals surface area contributed by atoms with E-state index in [-0.39, 0.29) is 42.5 Å². The molecule has 8 nitrogen and oxygen atoms in total. The molecule has 2 atom stereocenters. The fourth-order valence-electron chi connectivity index (χ4n) is 5.38. The molecule has 0 radical (unpaired) electrons. The predicted molar refractivity (Wildman–Crippen MR) is 150 cm³/mol. The third-order valence-electron chi connectivity index (χ3n) is 7.44. The number of nitrogens with zero attached hydrogens (tertiary/aromatic N) is 3. The van der Waals surface area contributed by atoms with Gasteiger partial charge in [-0.2, -0.15) is 0 Å². The van der Waals surface area contributed by atoms with Gasteiger partial charge < -0.3 is 20.2 Å². The Balaban J connectivity index is 1.30. The van der Waals surface area contributed by atoms with Crippen LogP contribution in [0.4, 0.5) is 0 Å². The number of aliphatic hydroxyl groups excluding tert-OH is 1. The zero-order chi connectivity index (χ0) is 27.8. The minimum Gasteiger partial charge on any atom is -0.511 e. The molecule has 39 heavy (non-hydrogen) atoms. The summed E-state index contributed by atoms with van der Waals surface area (Å²) in [5.41, 5.74) is 7.36. The number of thiazole rings is 1. The van der Waals surface area contributed by atoms with Crippen molar-refractivity contribution in [3.8, 4) is 10.4 Å². The summed E-state index contributed by atoms with van der Waals surface area (Å²) in [5, 5.41) is 13.3. The Bertz CT molecular complexity index is 1480. The van der Waals surface area contributed by atoms with E-state index in [4.69, 9.17) is 0 Å². The highest BCUT2D eigenvalue weighted by Gasteiger charge is 2.43. The second kappa shape index (κ2) is 10.6. The number of carbonyl (C=O) groups is 3. The average Bonchev–Trinajstić information content (AvgIpc) is 3.60. The summed E-state index contributed by atoms with van der Waals surface area (Å²) in [6.07, 6.45) is 1.41. The van der Waals surface area contributed by atoms with Crippen LogP contribution >= 0.6 is 11.3 Å². The van der Waals surface area contributed by atoms with Gasteiger partial charge in [0.2, 0.25) is 11.8 Å². The van der Waals surface area contributed by atoms with E-state index in [1.165, 1.54) is 11.0 Å². The van der Waals surface area contributed by atoms with Crippen LogP contribution in [0.1, 0.15) is 46.6 Å². The first-order chi connectivity index (χ1) is 18.7. The van der Waals surface area contributed by atoms with Crippen molar-refractivity contribution in [1.82, 2.24) is 20.1 Å². The molecule has 0 unspecified atom stereocenters. The quantitative estimate of drug-likeness (QED) is 0.460. The van der Waals surface area contributed by atoms with Crippen LogP contribution in [0, 0.1) is 19.8 Å². The van der Waals surface area contributed by atoms with Gasteiger partial charge in [0.05, 0.1) is 22.6 Å². The van der Waals surface area contributed by atoms with Gasteiger partial charge in [-0.1, -0.05) is 50.2 Å². The van der Waals surface area contributed by atoms with Crippen molar-refractivity contribution < 1.29 is 19.5 Å². The van der Waals surface area contributed by atoms with Crippen LogP contribution in [-0.2, 0) is 22.7 Å². The number of hydrogen-bond acceptors (Lipinski definition) is 6. The average molecular weight is 545 g/mol. The molecule has 2 aromatic carbocycles. The Morgan fingerprint density at radius 3 is 2.59 bits per heavy atom. The molecular weight excluding hydrogens is 512 g/mol. The standard InChI is InChI=1S/C30H32N4O4S/c1-17(2)26(34-14-22-7-5-6-8-24(22)29(34)37)30(38)33-15-23(35)12-25(33)28(36)31-13-21-10-9-20(11-18(21)3)27-19(4)32-16-39-27/h5-12,16-17,25-26,35H,13-15H2,1-4H3,(H,31,36)/t25-,26-/m0/s1. The number of hydrogen-bond donors (Lipinski definition) is 2. The molecule has 9 heteroatoms. The van der Waals surface area contributed by atoms with Gasteiger partial charge in [0.25, 0.3) is 5.91 Å². The number of aliphatic hydroxyl groups is 1. The number of aryl methyl sites for hydroxylation is 2. The van der Waals surface area contributed by atoms with Crippen molar-refractivity contribution in [1.29, 1.82) is 0 Å². The minimum atomic E-state index is -0.960. The molecule has 3 heterocycles. The predicted octanol–water partition coefficient (Wildman–Crippen LogP) is 4.38. The van der Waals surface area contributed by atoms with Gasteiger partial charge in [0.1, 0.15) is 17.8 Å². The lowest BCUT2D eigenvalue weighted by Crippen LogP contribution is -2.55. The molecule has 202 valence electrons. The molecule has 0 bridgehead atoms. The van der Waals surface area contributed by atoms with E-state index in [0.717, 1.165) is 32.8 Å². The molecule has 2 aliphatic rings. The highest BCUT2D eigenvalue weighted by Crippen LogP contribution is 2.30. The Morgan fingerprint density at radius 2 is 1.92 bits per heavy atom. The maximum Gasteiger partial charge on any atom is 0.255 e. The van der Waals surface area contributed by atoms with Gasteiger partial charge in [-0.05, 0) is 54.2 Å². The highest BCUT2D eigenvalue weighted by molar-refractivity contribution is 7.13. The van der Waals surface area contributed by atoms with Crippen LogP contribution in [0.2, 0.25) is 0 Å². The summed E-state index contributed by atoms with van der Waals surface area (Å²) in [5.74, 6) is -1.16. The SMILES string of the molecule is Cc1cc(-c2scnc2C)ccc1CNC(=O)[C@@H]1C=C(O)CN1C(=O)[C@H](C(C)C)N1Cc2ccccc2C1=O. The normalized spacial score (nSPS) is 17.4. The molecule has 1 aromatic heterocycles. The zero-order valence-corrected chi connectivity index (χ0v) is 23.3. The molecule has 0 saturated heterocycles. The number of carbonyl (C=O) groups excluding carboxylic acids is 3. The lowest BCUT2D eigenvalue weighted by Gasteiger charge is -2.35. The van der Waals surface area contributed by atoms with Gasteiger partial charge in [-0.15, -0.1) is 11.3 Å². The Labute approximate surface area is 232 Å². The molecular formula is C30H32N4O4S. The van der Waals surface area contributed by atoms with Crippen LogP contribution < -0.4 is 5.32 Å². The fraction of sp³-hybridized carbons (Fsp3) is 0.333. The van der Waals surface area contributed by atoms with Gasteiger partial charge in [0.15, 0.2) is 0 Å². The number of amides is 3. The smallest absolute Gasteiger partial charge is 0.255 e. The number of rotatable bonds is 7. The first kappa shape index (κ1) is 26.6. The molecule has 0 aliphatic carbocycles. The molecule has 0 saturated carbocycles. The molecule has 3 aromatic rings. The Kier molecular flexibility index (Phi) is 7.27. The van der Waals surface area contributed by atoms with Crippen molar-refractivity contribution in [2.24, 2.45) is 5.92 Å². The summed E-state index contributed by atoms with van der Waals surface area (Å²) < 4.78 is 0. The van der Waals surface area contributed by atoms with Crippen molar-refractivity contribution in [3.63, 3.8) is 0 Å². The maximum absolute atomic E-state index is 13.8. The van der Waals surface area contributed by atoms with Crippen LogP contribution in [0.15, 0.2) is 59.8 Å². The second-order valence-electron chi connectivity index (χ2n) is 10.5. The third kappa shape index (κ3) is 5.06. The van der Waals surface area contributed by atoms with Crippen molar-refractivity contribution in [2.75, 3.05) is 6.54 Å². The number of aromatic nitrogens is 1. The largest absolute Gasteiger partial charge is 0.511 e. The molecule has 0 spiro atoms. The Hall–Kier alpha value is -3.98. The molecule has 5 rings (SSSR count). The molecule has 2 N–H and O–H groups in total. The summed E-state index contributed by atoms with van der Waals surface area (Å²) in [7, 11) is 0. The van der Waals surface area contributed by atoms with Gasteiger partial charge in [-0.3, -0.25) is 14.4 Å². The van der Waals surface area contributed by atoms with E-state index in [2.05, 4.69) is 16.4 Å². The lowest BCUT2D eigenvalue weighted by molar-refractivity contribution is -0.142. The van der Waals surface area contributed by atoms with Crippen molar-refractivity contribution in [3.05, 3.63) is 87.8 Å². The maximum atomic E-state index is 13.8. The number of nitrogens with one attached hydrogen (secondary N) is 1. The highest BCUT2D eigenvalue weighted by atomic mass is 32.1. The monoisotopic (exact) mass is 544 g/mol. The molecule has 3 amide bonds. The summed E-state index contributed by atoms with van der Waals surface area (Å²) in [6.45, 7) is 8.30. The zero-order valence-electron chi connectivity index (χ0n) is 22.5.